The molecule has 1 aromatic rings. The topological polar surface area (TPSA) is 89.3 Å². The zero-order valence-electron chi connectivity index (χ0n) is 12.5. The van der Waals surface area contributed by atoms with Crippen LogP contribution >= 0.6 is 12.4 Å². The highest BCUT2D eigenvalue weighted by molar-refractivity contribution is 7.92. The molecule has 3 N–H and O–H groups in total. The van der Waals surface area contributed by atoms with Gasteiger partial charge in [0.05, 0.1) is 11.0 Å². The van der Waals surface area contributed by atoms with Crippen LogP contribution in [-0.4, -0.2) is 25.3 Å². The normalized spacial score (nSPS) is 15.3. The van der Waals surface area contributed by atoms with Gasteiger partial charge in [0.2, 0.25) is 5.91 Å². The maximum atomic E-state index is 12.1. The Morgan fingerprint density at radius 2 is 1.77 bits per heavy atom. The minimum atomic E-state index is -3.14. The second-order valence-corrected chi connectivity index (χ2v) is 7.87. The molecule has 0 heterocycles. The van der Waals surface area contributed by atoms with Crippen molar-refractivity contribution in [2.75, 3.05) is 11.1 Å². The first-order chi connectivity index (χ1) is 10.0. The number of hydrogen-bond acceptors (Lipinski definition) is 4. The van der Waals surface area contributed by atoms with Crippen LogP contribution in [0.1, 0.15) is 37.7 Å². The second-order valence-electron chi connectivity index (χ2n) is 5.47. The van der Waals surface area contributed by atoms with E-state index >= 15 is 0 Å². The van der Waals surface area contributed by atoms with E-state index in [-0.39, 0.29) is 35.7 Å². The van der Waals surface area contributed by atoms with Crippen molar-refractivity contribution in [3.63, 3.8) is 0 Å². The third kappa shape index (κ3) is 5.26. The quantitative estimate of drug-likeness (QED) is 0.826. The van der Waals surface area contributed by atoms with Crippen molar-refractivity contribution in [2.24, 2.45) is 5.73 Å². The SMILES string of the molecule is Cl.NCc1ccc(NC(=O)CCS(=O)(=O)C2CCCC2)cc1. The molecule has 0 saturated heterocycles. The number of anilines is 1. The van der Waals surface area contributed by atoms with E-state index in [9.17, 15) is 13.2 Å². The zero-order chi connectivity index (χ0) is 15.3. The van der Waals surface area contributed by atoms with Crippen LogP contribution in [0.2, 0.25) is 0 Å². The molecule has 0 bridgehead atoms. The van der Waals surface area contributed by atoms with E-state index in [0.717, 1.165) is 31.2 Å². The van der Waals surface area contributed by atoms with Crippen LogP contribution in [0.3, 0.4) is 0 Å². The molecule has 1 fully saturated rings. The molecule has 2 rings (SSSR count). The zero-order valence-corrected chi connectivity index (χ0v) is 14.1. The summed E-state index contributed by atoms with van der Waals surface area (Å²) in [5.74, 6) is -0.332. The maximum absolute atomic E-state index is 12.1. The Bertz CT molecular complexity index is 581. The van der Waals surface area contributed by atoms with Crippen LogP contribution in [-0.2, 0) is 21.2 Å². The summed E-state index contributed by atoms with van der Waals surface area (Å²) < 4.78 is 24.2. The van der Waals surface area contributed by atoms with Crippen molar-refractivity contribution in [1.82, 2.24) is 0 Å². The molecule has 22 heavy (non-hydrogen) atoms. The molecule has 1 aliphatic rings. The van der Waals surface area contributed by atoms with E-state index in [4.69, 9.17) is 5.73 Å². The molecular weight excluding hydrogens is 324 g/mol. The van der Waals surface area contributed by atoms with Crippen LogP contribution in [0.5, 0.6) is 0 Å². The summed E-state index contributed by atoms with van der Waals surface area (Å²) >= 11 is 0. The Hall–Kier alpha value is -1.11. The van der Waals surface area contributed by atoms with Crippen LogP contribution in [0.15, 0.2) is 24.3 Å². The number of nitrogens with two attached hydrogens (primary N) is 1. The van der Waals surface area contributed by atoms with Crippen molar-refractivity contribution in [2.45, 2.75) is 43.9 Å². The van der Waals surface area contributed by atoms with E-state index in [1.54, 1.807) is 12.1 Å². The average molecular weight is 347 g/mol. The van der Waals surface area contributed by atoms with Gasteiger partial charge in [-0.15, -0.1) is 12.4 Å². The first kappa shape index (κ1) is 18.9. The van der Waals surface area contributed by atoms with Crippen LogP contribution in [0.25, 0.3) is 0 Å². The average Bonchev–Trinajstić information content (AvgIpc) is 3.01. The van der Waals surface area contributed by atoms with Crippen LogP contribution in [0.4, 0.5) is 5.69 Å². The van der Waals surface area contributed by atoms with Gasteiger partial charge >= 0.3 is 0 Å². The minimum absolute atomic E-state index is 0. The third-order valence-corrected chi connectivity index (χ3v) is 6.16. The lowest BCUT2D eigenvalue weighted by Crippen LogP contribution is -2.24. The Labute approximate surface area is 138 Å². The summed E-state index contributed by atoms with van der Waals surface area (Å²) in [6.07, 6.45) is 3.44. The fourth-order valence-electron chi connectivity index (χ4n) is 2.60. The molecule has 0 radical (unpaired) electrons. The maximum Gasteiger partial charge on any atom is 0.225 e. The van der Waals surface area contributed by atoms with E-state index in [2.05, 4.69) is 5.32 Å². The molecule has 0 aliphatic heterocycles. The molecule has 1 saturated carbocycles. The number of amides is 1. The van der Waals surface area contributed by atoms with Crippen molar-refractivity contribution < 1.29 is 13.2 Å². The smallest absolute Gasteiger partial charge is 0.225 e. The Kier molecular flexibility index (Phi) is 7.32. The minimum Gasteiger partial charge on any atom is -0.326 e. The van der Waals surface area contributed by atoms with Crippen molar-refractivity contribution in [3.8, 4) is 0 Å². The third-order valence-electron chi connectivity index (χ3n) is 3.90. The molecule has 0 spiro atoms. The van der Waals surface area contributed by atoms with Gasteiger partial charge in [0.15, 0.2) is 9.84 Å². The molecule has 5 nitrogen and oxygen atoms in total. The lowest BCUT2D eigenvalue weighted by molar-refractivity contribution is -0.115. The summed E-state index contributed by atoms with van der Waals surface area (Å²) in [6, 6.07) is 7.22. The lowest BCUT2D eigenvalue weighted by atomic mass is 10.2. The monoisotopic (exact) mass is 346 g/mol. The van der Waals surface area contributed by atoms with Gasteiger partial charge in [-0.2, -0.15) is 0 Å². The molecule has 0 atom stereocenters. The Balaban J connectivity index is 0.00000242. The number of hydrogen-bond donors (Lipinski definition) is 2. The van der Waals surface area contributed by atoms with Gasteiger partial charge in [0, 0.05) is 18.7 Å². The number of sulfone groups is 1. The predicted octanol–water partition coefficient (Wildman–Crippen LogP) is 2.25. The van der Waals surface area contributed by atoms with Gasteiger partial charge in [-0.05, 0) is 30.5 Å². The van der Waals surface area contributed by atoms with E-state index in [0.29, 0.717) is 12.2 Å². The number of benzene rings is 1. The van der Waals surface area contributed by atoms with Gasteiger partial charge in [-0.25, -0.2) is 8.42 Å². The van der Waals surface area contributed by atoms with Crippen molar-refractivity contribution in [3.05, 3.63) is 29.8 Å². The van der Waals surface area contributed by atoms with Gasteiger partial charge in [-0.1, -0.05) is 25.0 Å². The fourth-order valence-corrected chi connectivity index (χ4v) is 4.45. The highest BCUT2D eigenvalue weighted by atomic mass is 35.5. The lowest BCUT2D eigenvalue weighted by Gasteiger charge is -2.11. The largest absolute Gasteiger partial charge is 0.326 e. The molecule has 1 aliphatic carbocycles. The highest BCUT2D eigenvalue weighted by Gasteiger charge is 2.28. The van der Waals surface area contributed by atoms with Crippen LogP contribution in [0, 0.1) is 0 Å². The Morgan fingerprint density at radius 1 is 1.18 bits per heavy atom. The highest BCUT2D eigenvalue weighted by Crippen LogP contribution is 2.25. The number of carbonyl (C=O) groups is 1. The summed E-state index contributed by atoms with van der Waals surface area (Å²) in [5.41, 5.74) is 7.15. The number of carbonyl (C=O) groups excluding carboxylic acids is 1. The standard InChI is InChI=1S/C15H22N2O3S.ClH/c16-11-12-5-7-13(8-6-12)17-15(18)9-10-21(19,20)14-3-1-2-4-14;/h5-8,14H,1-4,9-11,16H2,(H,17,18);1H. The first-order valence-electron chi connectivity index (χ1n) is 7.32. The van der Waals surface area contributed by atoms with Gasteiger partial charge < -0.3 is 11.1 Å². The number of halogens is 1. The molecule has 7 heteroatoms. The molecule has 1 amide bonds. The first-order valence-corrected chi connectivity index (χ1v) is 9.03. The number of rotatable bonds is 6. The molecule has 1 aromatic carbocycles. The molecule has 124 valence electrons. The summed E-state index contributed by atoms with van der Waals surface area (Å²) in [6.45, 7) is 0.452. The van der Waals surface area contributed by atoms with Crippen molar-refractivity contribution >= 4 is 33.8 Å². The second kappa shape index (κ2) is 8.50. The summed E-state index contributed by atoms with van der Waals surface area (Å²) in [4.78, 5) is 11.8. The van der Waals surface area contributed by atoms with E-state index in [1.807, 2.05) is 12.1 Å². The van der Waals surface area contributed by atoms with Crippen molar-refractivity contribution in [1.29, 1.82) is 0 Å². The Morgan fingerprint density at radius 3 is 2.32 bits per heavy atom. The van der Waals surface area contributed by atoms with E-state index in [1.165, 1.54) is 0 Å². The summed E-state index contributed by atoms with van der Waals surface area (Å²) in [7, 11) is -3.14. The van der Waals surface area contributed by atoms with E-state index < -0.39 is 9.84 Å². The number of nitrogens with one attached hydrogen (secondary N) is 1. The summed E-state index contributed by atoms with van der Waals surface area (Å²) in [5, 5.41) is 2.47. The van der Waals surface area contributed by atoms with Gasteiger partial charge in [-0.3, -0.25) is 4.79 Å². The molecular formula is C15H23ClN2O3S. The molecule has 0 aromatic heterocycles. The fraction of sp³-hybridized carbons (Fsp3) is 0.533. The van der Waals surface area contributed by atoms with Gasteiger partial charge in [0.1, 0.15) is 0 Å². The predicted molar refractivity (Wildman–Crippen MR) is 90.9 cm³/mol. The van der Waals surface area contributed by atoms with Crippen LogP contribution < -0.4 is 11.1 Å². The molecule has 0 unspecified atom stereocenters. The van der Waals surface area contributed by atoms with Gasteiger partial charge in [0.25, 0.3) is 0 Å².